The standard InChI is InChI=1S/C19H35N9O7S/c1-36-6-4-11(18(34)35)27-17(33)12(8-14(22)30)28-16(32)10(3-2-5-25-19(23)24)26-15(31)9(20)7-13(21)29/h9-12H,2-8,20H2,1H3,(H2,21,29)(H2,22,30)(H,26,31)(H,27,33)(H,28,32)(H,34,35)(H4,23,24,25). The van der Waals surface area contributed by atoms with E-state index >= 15 is 0 Å². The van der Waals surface area contributed by atoms with Gasteiger partial charge in [0.15, 0.2) is 5.96 Å². The highest BCUT2D eigenvalue weighted by atomic mass is 32.2. The summed E-state index contributed by atoms with van der Waals surface area (Å²) in [7, 11) is 0. The van der Waals surface area contributed by atoms with Gasteiger partial charge in [-0.3, -0.25) is 29.0 Å². The van der Waals surface area contributed by atoms with Crippen LogP contribution >= 0.6 is 11.8 Å². The smallest absolute Gasteiger partial charge is 0.326 e. The molecule has 5 amide bonds. The molecule has 0 heterocycles. The van der Waals surface area contributed by atoms with E-state index < -0.39 is 72.5 Å². The minimum Gasteiger partial charge on any atom is -0.480 e. The predicted molar refractivity (Wildman–Crippen MR) is 132 cm³/mol. The molecule has 0 spiro atoms. The van der Waals surface area contributed by atoms with E-state index in [0.29, 0.717) is 5.75 Å². The number of nitrogens with one attached hydrogen (secondary N) is 3. The quantitative estimate of drug-likeness (QED) is 0.0458. The minimum atomic E-state index is -1.53. The molecule has 0 bridgehead atoms. The van der Waals surface area contributed by atoms with Gasteiger partial charge in [-0.25, -0.2) is 4.79 Å². The second-order valence-electron chi connectivity index (χ2n) is 7.70. The van der Waals surface area contributed by atoms with E-state index in [2.05, 4.69) is 20.9 Å². The van der Waals surface area contributed by atoms with Crippen LogP contribution in [0.2, 0.25) is 0 Å². The van der Waals surface area contributed by atoms with Gasteiger partial charge in [-0.1, -0.05) is 0 Å². The first-order valence-corrected chi connectivity index (χ1v) is 12.2. The number of guanidine groups is 1. The molecule has 4 atom stereocenters. The Kier molecular flexibility index (Phi) is 15.2. The Hall–Kier alpha value is -3.60. The number of nitrogens with two attached hydrogens (primary N) is 5. The van der Waals surface area contributed by atoms with Gasteiger partial charge in [0.25, 0.3) is 0 Å². The lowest BCUT2D eigenvalue weighted by Crippen LogP contribution is -2.58. The molecule has 16 nitrogen and oxygen atoms in total. The van der Waals surface area contributed by atoms with Crippen LogP contribution in [0.3, 0.4) is 0 Å². The first-order chi connectivity index (χ1) is 16.8. The van der Waals surface area contributed by atoms with Crippen molar-refractivity contribution in [2.45, 2.75) is 56.3 Å². The summed E-state index contributed by atoms with van der Waals surface area (Å²) in [5, 5.41) is 16.3. The molecule has 36 heavy (non-hydrogen) atoms. The number of carboxylic acid groups (broad SMARTS) is 1. The summed E-state index contributed by atoms with van der Waals surface area (Å²) < 4.78 is 0. The zero-order valence-corrected chi connectivity index (χ0v) is 20.7. The molecular weight excluding hydrogens is 498 g/mol. The molecule has 0 aromatic heterocycles. The summed E-state index contributed by atoms with van der Waals surface area (Å²) in [6.07, 6.45) is 0.933. The predicted octanol–water partition coefficient (Wildman–Crippen LogP) is -4.59. The van der Waals surface area contributed by atoms with Gasteiger partial charge in [0.2, 0.25) is 29.5 Å². The minimum absolute atomic E-state index is 0.0198. The van der Waals surface area contributed by atoms with Crippen molar-refractivity contribution in [3.8, 4) is 0 Å². The van der Waals surface area contributed by atoms with Crippen LogP contribution in [0.4, 0.5) is 0 Å². The van der Waals surface area contributed by atoms with Crippen molar-refractivity contribution in [2.24, 2.45) is 33.7 Å². The summed E-state index contributed by atoms with van der Waals surface area (Å²) in [5.74, 6) is -5.54. The maximum atomic E-state index is 12.9. The highest BCUT2D eigenvalue weighted by molar-refractivity contribution is 7.98. The van der Waals surface area contributed by atoms with Crippen molar-refractivity contribution in [1.82, 2.24) is 16.0 Å². The third kappa shape index (κ3) is 14.0. The molecule has 0 aromatic carbocycles. The maximum Gasteiger partial charge on any atom is 0.326 e. The van der Waals surface area contributed by atoms with E-state index in [4.69, 9.17) is 28.7 Å². The first kappa shape index (κ1) is 32.4. The van der Waals surface area contributed by atoms with Crippen molar-refractivity contribution < 1.29 is 33.9 Å². The molecule has 4 unspecified atom stereocenters. The van der Waals surface area contributed by atoms with Gasteiger partial charge in [-0.05, 0) is 31.3 Å². The SMILES string of the molecule is CSCCC(NC(=O)C(CC(N)=O)NC(=O)C(CCCN=C(N)N)NC(=O)C(N)CC(N)=O)C(=O)O. The number of primary amides is 2. The molecule has 0 aromatic rings. The van der Waals surface area contributed by atoms with E-state index in [9.17, 15) is 33.9 Å². The number of hydrogen-bond donors (Lipinski definition) is 9. The van der Waals surface area contributed by atoms with Crippen molar-refractivity contribution >= 4 is 53.2 Å². The molecular formula is C19H35N9O7S. The molecule has 0 saturated carbocycles. The van der Waals surface area contributed by atoms with Crippen LogP contribution < -0.4 is 44.6 Å². The van der Waals surface area contributed by atoms with Crippen LogP contribution in [0.25, 0.3) is 0 Å². The second-order valence-corrected chi connectivity index (χ2v) is 8.69. The normalized spacial score (nSPS) is 13.8. The van der Waals surface area contributed by atoms with Gasteiger partial charge in [-0.2, -0.15) is 11.8 Å². The first-order valence-electron chi connectivity index (χ1n) is 10.8. The highest BCUT2D eigenvalue weighted by Gasteiger charge is 2.31. The third-order valence-corrected chi connectivity index (χ3v) is 5.24. The van der Waals surface area contributed by atoms with Gasteiger partial charge in [0.1, 0.15) is 18.1 Å². The average Bonchev–Trinajstić information content (AvgIpc) is 2.76. The summed E-state index contributed by atoms with van der Waals surface area (Å²) in [6.45, 7) is 0.107. The van der Waals surface area contributed by atoms with E-state index in [1.807, 2.05) is 0 Å². The van der Waals surface area contributed by atoms with E-state index in [0.717, 1.165) is 0 Å². The number of nitrogens with zero attached hydrogens (tertiary/aromatic N) is 1. The van der Waals surface area contributed by atoms with Crippen molar-refractivity contribution in [3.63, 3.8) is 0 Å². The van der Waals surface area contributed by atoms with Crippen LogP contribution in [0.5, 0.6) is 0 Å². The van der Waals surface area contributed by atoms with Crippen LogP contribution in [0, 0.1) is 0 Å². The molecule has 0 aliphatic carbocycles. The summed E-state index contributed by atoms with van der Waals surface area (Å²) in [5.41, 5.74) is 26.4. The molecule has 0 saturated heterocycles. The Bertz CT molecular complexity index is 836. The Balaban J connectivity index is 5.61. The van der Waals surface area contributed by atoms with E-state index in [-0.39, 0.29) is 31.8 Å². The molecule has 14 N–H and O–H groups in total. The fraction of sp³-hybridized carbons (Fsp3) is 0.632. The monoisotopic (exact) mass is 533 g/mol. The Morgan fingerprint density at radius 1 is 0.806 bits per heavy atom. The van der Waals surface area contributed by atoms with Crippen molar-refractivity contribution in [1.29, 1.82) is 0 Å². The van der Waals surface area contributed by atoms with Gasteiger partial charge in [0.05, 0.1) is 18.9 Å². The summed E-state index contributed by atoms with van der Waals surface area (Å²) in [4.78, 5) is 75.7. The second kappa shape index (κ2) is 16.9. The lowest BCUT2D eigenvalue weighted by Gasteiger charge is -2.24. The van der Waals surface area contributed by atoms with Crippen LogP contribution in [0.1, 0.15) is 32.1 Å². The van der Waals surface area contributed by atoms with Crippen LogP contribution in [0.15, 0.2) is 4.99 Å². The molecule has 0 aliphatic rings. The third-order valence-electron chi connectivity index (χ3n) is 4.60. The fourth-order valence-corrected chi connectivity index (χ4v) is 3.28. The molecule has 0 radical (unpaired) electrons. The van der Waals surface area contributed by atoms with Gasteiger partial charge in [-0.15, -0.1) is 0 Å². The van der Waals surface area contributed by atoms with E-state index in [1.165, 1.54) is 11.8 Å². The number of carbonyl (C=O) groups excluding carboxylic acids is 5. The Morgan fingerprint density at radius 3 is 1.83 bits per heavy atom. The van der Waals surface area contributed by atoms with Gasteiger partial charge >= 0.3 is 5.97 Å². The topological polar surface area (TPSA) is 301 Å². The molecule has 0 rings (SSSR count). The lowest BCUT2D eigenvalue weighted by molar-refractivity contribution is -0.142. The Labute approximate surface area is 211 Å². The maximum absolute atomic E-state index is 12.9. The van der Waals surface area contributed by atoms with Gasteiger partial charge in [0, 0.05) is 6.54 Å². The molecule has 0 aliphatic heterocycles. The van der Waals surface area contributed by atoms with Crippen molar-refractivity contribution in [3.05, 3.63) is 0 Å². The van der Waals surface area contributed by atoms with Gasteiger partial charge < -0.3 is 49.7 Å². The number of hydrogen-bond acceptors (Lipinski definition) is 9. The molecule has 204 valence electrons. The summed E-state index contributed by atoms with van der Waals surface area (Å²) >= 11 is 1.37. The zero-order chi connectivity index (χ0) is 27.8. The molecule has 17 heteroatoms. The van der Waals surface area contributed by atoms with Crippen LogP contribution in [-0.4, -0.2) is 89.3 Å². The zero-order valence-electron chi connectivity index (χ0n) is 19.9. The summed E-state index contributed by atoms with van der Waals surface area (Å²) in [6, 6.07) is -5.41. The number of carbonyl (C=O) groups is 6. The number of amides is 5. The largest absolute Gasteiger partial charge is 0.480 e. The fourth-order valence-electron chi connectivity index (χ4n) is 2.81. The number of aliphatic carboxylic acids is 1. The number of thioether (sulfide) groups is 1. The Morgan fingerprint density at radius 2 is 1.33 bits per heavy atom. The lowest BCUT2D eigenvalue weighted by atomic mass is 10.1. The number of rotatable bonds is 18. The van der Waals surface area contributed by atoms with Crippen molar-refractivity contribution in [2.75, 3.05) is 18.6 Å². The number of aliphatic imine (C=N–C) groups is 1. The highest BCUT2D eigenvalue weighted by Crippen LogP contribution is 2.05. The van der Waals surface area contributed by atoms with Crippen LogP contribution in [-0.2, 0) is 28.8 Å². The average molecular weight is 534 g/mol. The molecule has 0 fully saturated rings. The van der Waals surface area contributed by atoms with E-state index in [1.54, 1.807) is 6.26 Å². The number of carboxylic acids is 1.